The highest BCUT2D eigenvalue weighted by Crippen LogP contribution is 2.28. The lowest BCUT2D eigenvalue weighted by Gasteiger charge is -2.34. The first-order chi connectivity index (χ1) is 10.3. The van der Waals surface area contributed by atoms with Crippen LogP contribution in [0.25, 0.3) is 0 Å². The van der Waals surface area contributed by atoms with E-state index in [1.807, 2.05) is 0 Å². The largest absolute Gasteiger partial charge is 0.230 e. The first-order valence-corrected chi connectivity index (χ1v) is 8.98. The van der Waals surface area contributed by atoms with Gasteiger partial charge in [-0.2, -0.15) is 0 Å². The minimum absolute atomic E-state index is 0.0395. The summed E-state index contributed by atoms with van der Waals surface area (Å²) in [5.41, 5.74) is -0.502. The van der Waals surface area contributed by atoms with Gasteiger partial charge in [0.05, 0.1) is 11.2 Å². The minimum Gasteiger partial charge on any atom is -0.230 e. The van der Waals surface area contributed by atoms with Gasteiger partial charge in [0.15, 0.2) is 0 Å². The topological polar surface area (TPSA) is 36.9 Å². The maximum Gasteiger partial charge on any atom is 0.122 e. The molecule has 0 aromatic rings. The van der Waals surface area contributed by atoms with E-state index < -0.39 is 0 Å². The fraction of sp³-hybridized carbons (Fsp3) is 1.00. The molecule has 132 valence electrons. The fourth-order valence-corrected chi connectivity index (χ4v) is 2.95. The van der Waals surface area contributed by atoms with E-state index in [1.165, 1.54) is 0 Å². The van der Waals surface area contributed by atoms with Crippen molar-refractivity contribution in [2.75, 3.05) is 0 Å². The van der Waals surface area contributed by atoms with Crippen molar-refractivity contribution in [3.63, 3.8) is 0 Å². The lowest BCUT2D eigenvalue weighted by atomic mass is 9.95. The van der Waals surface area contributed by atoms with E-state index in [4.69, 9.17) is 19.6 Å². The molecule has 0 saturated heterocycles. The van der Waals surface area contributed by atoms with E-state index in [0.29, 0.717) is 0 Å². The van der Waals surface area contributed by atoms with Crippen molar-refractivity contribution in [1.82, 2.24) is 0 Å². The Morgan fingerprint density at radius 2 is 1.09 bits per heavy atom. The highest BCUT2D eigenvalue weighted by Gasteiger charge is 2.32. The normalized spacial score (nSPS) is 23.7. The summed E-state index contributed by atoms with van der Waals surface area (Å²) in [7, 11) is 0. The number of rotatable bonds is 10. The summed E-state index contributed by atoms with van der Waals surface area (Å²) >= 11 is 0. The molecule has 1 aliphatic rings. The molecule has 0 spiro atoms. The van der Waals surface area contributed by atoms with Crippen LogP contribution >= 0.6 is 0 Å². The van der Waals surface area contributed by atoms with Crippen LogP contribution < -0.4 is 0 Å². The molecule has 0 N–H and O–H groups in total. The molecular weight excluding hydrogens is 280 g/mol. The van der Waals surface area contributed by atoms with Crippen LogP contribution in [0.4, 0.5) is 0 Å². The molecule has 0 aromatic carbocycles. The lowest BCUT2D eigenvalue weighted by Crippen LogP contribution is -2.39. The highest BCUT2D eigenvalue weighted by atomic mass is 17.2. The van der Waals surface area contributed by atoms with Crippen molar-refractivity contribution in [3.8, 4) is 0 Å². The summed E-state index contributed by atoms with van der Waals surface area (Å²) in [6.45, 7) is 12.6. The van der Waals surface area contributed by atoms with Crippen LogP contribution in [0.3, 0.4) is 0 Å². The van der Waals surface area contributed by atoms with Crippen LogP contribution in [0.15, 0.2) is 0 Å². The molecule has 0 aliphatic heterocycles. The second-order valence-corrected chi connectivity index (χ2v) is 7.74. The van der Waals surface area contributed by atoms with Crippen molar-refractivity contribution in [3.05, 3.63) is 0 Å². The average molecular weight is 316 g/mol. The second-order valence-electron chi connectivity index (χ2n) is 7.74. The van der Waals surface area contributed by atoms with Gasteiger partial charge in [0.25, 0.3) is 0 Å². The molecule has 0 aromatic heterocycles. The van der Waals surface area contributed by atoms with Crippen molar-refractivity contribution in [2.45, 2.75) is 116 Å². The molecule has 4 heteroatoms. The Labute approximate surface area is 136 Å². The summed E-state index contributed by atoms with van der Waals surface area (Å²) in [4.78, 5) is 22.8. The molecule has 0 bridgehead atoms. The Morgan fingerprint density at radius 1 is 0.727 bits per heavy atom. The maximum atomic E-state index is 5.73. The van der Waals surface area contributed by atoms with E-state index >= 15 is 0 Å². The molecule has 4 nitrogen and oxygen atoms in total. The van der Waals surface area contributed by atoms with Gasteiger partial charge in [0.1, 0.15) is 12.2 Å². The molecule has 2 atom stereocenters. The highest BCUT2D eigenvalue weighted by molar-refractivity contribution is 4.76. The summed E-state index contributed by atoms with van der Waals surface area (Å²) in [6, 6.07) is 0. The van der Waals surface area contributed by atoms with Crippen molar-refractivity contribution >= 4 is 0 Å². The summed E-state index contributed by atoms with van der Waals surface area (Å²) in [5.74, 6) is 0. The SMILES string of the molecule is CCCC(C)(C)OOC1CCCCC1OOC(C)(C)CCC. The van der Waals surface area contributed by atoms with Crippen LogP contribution in [0.2, 0.25) is 0 Å². The Bertz CT molecular complexity index is 271. The van der Waals surface area contributed by atoms with Gasteiger partial charge in [-0.3, -0.25) is 0 Å². The first kappa shape index (κ1) is 19.9. The van der Waals surface area contributed by atoms with Gasteiger partial charge in [-0.05, 0) is 53.4 Å². The van der Waals surface area contributed by atoms with E-state index in [1.54, 1.807) is 0 Å². The van der Waals surface area contributed by atoms with Crippen LogP contribution in [0.1, 0.15) is 92.9 Å². The summed E-state index contributed by atoms with van der Waals surface area (Å²) in [5, 5.41) is 0. The fourth-order valence-electron chi connectivity index (χ4n) is 2.95. The third-order valence-electron chi connectivity index (χ3n) is 4.14. The standard InChI is InChI=1S/C18H36O4/c1-7-13-17(3,4)21-19-15-11-9-10-12-16(15)20-22-18(5,6)14-8-2/h15-16H,7-14H2,1-6H3. The molecule has 1 fully saturated rings. The van der Waals surface area contributed by atoms with Crippen molar-refractivity contribution in [1.29, 1.82) is 0 Å². The van der Waals surface area contributed by atoms with Gasteiger partial charge >= 0.3 is 0 Å². The first-order valence-electron chi connectivity index (χ1n) is 8.98. The van der Waals surface area contributed by atoms with Gasteiger partial charge in [-0.25, -0.2) is 19.6 Å². The van der Waals surface area contributed by atoms with Crippen LogP contribution in [-0.4, -0.2) is 23.4 Å². The number of hydrogen-bond donors (Lipinski definition) is 0. The molecule has 2 unspecified atom stereocenters. The monoisotopic (exact) mass is 316 g/mol. The quantitative estimate of drug-likeness (QED) is 0.402. The molecular formula is C18H36O4. The van der Waals surface area contributed by atoms with Crippen molar-refractivity contribution in [2.24, 2.45) is 0 Å². The number of hydrogen-bond acceptors (Lipinski definition) is 4. The molecule has 22 heavy (non-hydrogen) atoms. The minimum atomic E-state index is -0.251. The van der Waals surface area contributed by atoms with Crippen molar-refractivity contribution < 1.29 is 19.6 Å². The summed E-state index contributed by atoms with van der Waals surface area (Å²) in [6.07, 6.45) is 8.27. The Morgan fingerprint density at radius 3 is 1.41 bits per heavy atom. The lowest BCUT2D eigenvalue weighted by molar-refractivity contribution is -0.438. The summed E-state index contributed by atoms with van der Waals surface area (Å²) < 4.78 is 0. The van der Waals surface area contributed by atoms with E-state index in [2.05, 4.69) is 41.5 Å². The van der Waals surface area contributed by atoms with Gasteiger partial charge in [0, 0.05) is 0 Å². The third kappa shape index (κ3) is 7.40. The third-order valence-corrected chi connectivity index (χ3v) is 4.14. The smallest absolute Gasteiger partial charge is 0.122 e. The van der Waals surface area contributed by atoms with Crippen LogP contribution in [0, 0.1) is 0 Å². The van der Waals surface area contributed by atoms with Gasteiger partial charge in [-0.1, -0.05) is 39.5 Å². The van der Waals surface area contributed by atoms with Gasteiger partial charge in [-0.15, -0.1) is 0 Å². The predicted molar refractivity (Wildman–Crippen MR) is 88.4 cm³/mol. The van der Waals surface area contributed by atoms with E-state index in [-0.39, 0.29) is 23.4 Å². The predicted octanol–water partition coefficient (Wildman–Crippen LogP) is 5.35. The molecule has 0 amide bonds. The Hall–Kier alpha value is -0.160. The van der Waals surface area contributed by atoms with Gasteiger partial charge < -0.3 is 0 Å². The van der Waals surface area contributed by atoms with E-state index in [0.717, 1.165) is 51.4 Å². The zero-order chi connectivity index (χ0) is 16.6. The molecule has 1 aliphatic carbocycles. The zero-order valence-electron chi connectivity index (χ0n) is 15.4. The average Bonchev–Trinajstić information content (AvgIpc) is 2.44. The molecule has 1 rings (SSSR count). The second kappa shape index (κ2) is 9.21. The van der Waals surface area contributed by atoms with E-state index in [9.17, 15) is 0 Å². The Kier molecular flexibility index (Phi) is 8.33. The molecule has 1 saturated carbocycles. The zero-order valence-corrected chi connectivity index (χ0v) is 15.4. The molecule has 0 heterocycles. The maximum absolute atomic E-state index is 5.73. The Balaban J connectivity index is 2.46. The van der Waals surface area contributed by atoms with Crippen LogP contribution in [0.5, 0.6) is 0 Å². The van der Waals surface area contributed by atoms with Gasteiger partial charge in [0.2, 0.25) is 0 Å². The van der Waals surface area contributed by atoms with Crippen LogP contribution in [-0.2, 0) is 19.6 Å². The molecule has 0 radical (unpaired) electrons.